The molecule has 0 aliphatic carbocycles. The fraction of sp³-hybridized carbons (Fsp3) is 0.333. The molecule has 0 bridgehead atoms. The van der Waals surface area contributed by atoms with Crippen LogP contribution in [0.2, 0.25) is 4.34 Å². The first-order chi connectivity index (χ1) is 12.5. The summed E-state index contributed by atoms with van der Waals surface area (Å²) in [6.45, 7) is 4.45. The maximum atomic E-state index is 6.04. The molecule has 2 heterocycles. The highest BCUT2D eigenvalue weighted by Crippen LogP contribution is 2.28. The minimum atomic E-state index is 0.619. The van der Waals surface area contributed by atoms with E-state index in [2.05, 4.69) is 17.9 Å². The Labute approximate surface area is 167 Å². The van der Waals surface area contributed by atoms with Crippen molar-refractivity contribution >= 4 is 35.2 Å². The first-order valence-electron chi connectivity index (χ1n) is 8.27. The summed E-state index contributed by atoms with van der Waals surface area (Å²) in [5.41, 5.74) is 0.926. The molecule has 0 aliphatic heterocycles. The molecule has 0 saturated heterocycles. The van der Waals surface area contributed by atoms with Crippen molar-refractivity contribution in [2.45, 2.75) is 20.1 Å². The molecule has 0 amide bonds. The largest absolute Gasteiger partial charge is 0.496 e. The van der Waals surface area contributed by atoms with E-state index in [4.69, 9.17) is 33.7 Å². The molecule has 3 aromatic rings. The third-order valence-corrected chi connectivity index (χ3v) is 5.88. The summed E-state index contributed by atoms with van der Waals surface area (Å²) in [7, 11) is 3.60. The van der Waals surface area contributed by atoms with E-state index >= 15 is 0 Å². The van der Waals surface area contributed by atoms with Gasteiger partial charge in [-0.25, -0.2) is 4.68 Å². The van der Waals surface area contributed by atoms with E-state index in [9.17, 15) is 0 Å². The summed E-state index contributed by atoms with van der Waals surface area (Å²) in [6, 6.07) is 11.8. The van der Waals surface area contributed by atoms with Gasteiger partial charge in [0.15, 0.2) is 10.6 Å². The number of methoxy groups -OCH3 is 1. The summed E-state index contributed by atoms with van der Waals surface area (Å²) < 4.78 is 10.7. The summed E-state index contributed by atoms with van der Waals surface area (Å²) in [5, 5.41) is 4.75. The van der Waals surface area contributed by atoms with E-state index in [0.717, 1.165) is 34.6 Å². The van der Waals surface area contributed by atoms with Gasteiger partial charge >= 0.3 is 0 Å². The van der Waals surface area contributed by atoms with E-state index in [1.165, 1.54) is 4.88 Å². The van der Waals surface area contributed by atoms with Gasteiger partial charge in [-0.2, -0.15) is 5.10 Å². The molecule has 0 unspecified atom stereocenters. The van der Waals surface area contributed by atoms with Crippen LogP contribution in [0.25, 0.3) is 11.4 Å². The molecule has 0 saturated carbocycles. The molecule has 138 valence electrons. The van der Waals surface area contributed by atoms with Crippen LogP contribution < -0.4 is 4.74 Å². The zero-order valence-electron chi connectivity index (χ0n) is 15.0. The van der Waals surface area contributed by atoms with Gasteiger partial charge in [0.05, 0.1) is 23.7 Å². The summed E-state index contributed by atoms with van der Waals surface area (Å²) >= 11 is 13.3. The van der Waals surface area contributed by atoms with Crippen LogP contribution >= 0.6 is 35.2 Å². The predicted octanol–water partition coefficient (Wildman–Crippen LogP) is 4.82. The van der Waals surface area contributed by atoms with Crippen molar-refractivity contribution in [1.29, 1.82) is 0 Å². The van der Waals surface area contributed by atoms with Crippen LogP contribution in [-0.4, -0.2) is 32.9 Å². The number of para-hydroxylation sites is 1. The van der Waals surface area contributed by atoms with Crippen molar-refractivity contribution in [3.63, 3.8) is 0 Å². The average molecular weight is 409 g/mol. The second-order valence-corrected chi connectivity index (χ2v) is 8.02. The first-order valence-corrected chi connectivity index (χ1v) is 9.87. The number of hydrogen-bond acceptors (Lipinski definition) is 5. The number of nitrogens with zero attached hydrogens (tertiary/aromatic N) is 4. The number of hydrogen-bond donors (Lipinski definition) is 0. The van der Waals surface area contributed by atoms with Gasteiger partial charge in [-0.15, -0.1) is 11.3 Å². The van der Waals surface area contributed by atoms with E-state index in [1.807, 2.05) is 46.6 Å². The monoisotopic (exact) mass is 408 g/mol. The van der Waals surface area contributed by atoms with Gasteiger partial charge in [0.2, 0.25) is 0 Å². The van der Waals surface area contributed by atoms with Crippen molar-refractivity contribution in [3.8, 4) is 17.1 Å². The number of ether oxygens (including phenoxy) is 1. The van der Waals surface area contributed by atoms with Gasteiger partial charge in [0.25, 0.3) is 0 Å². The maximum Gasteiger partial charge on any atom is 0.199 e. The van der Waals surface area contributed by atoms with E-state index in [-0.39, 0.29) is 0 Å². The third kappa shape index (κ3) is 4.01. The van der Waals surface area contributed by atoms with Crippen LogP contribution in [-0.2, 0) is 20.3 Å². The molecular weight excluding hydrogens is 388 g/mol. The molecule has 0 radical (unpaired) electrons. The molecule has 8 heteroatoms. The van der Waals surface area contributed by atoms with E-state index in [1.54, 1.807) is 18.4 Å². The SMILES string of the molecule is CCN(Cc1ccc(Cl)s1)Cn1nc(-c2ccccc2OC)n(C)c1=S. The number of halogens is 1. The molecule has 2 aromatic heterocycles. The Hall–Kier alpha value is -1.67. The van der Waals surface area contributed by atoms with Crippen molar-refractivity contribution in [3.05, 3.63) is 50.4 Å². The Morgan fingerprint density at radius 1 is 1.27 bits per heavy atom. The fourth-order valence-corrected chi connectivity index (χ4v) is 4.07. The second kappa shape index (κ2) is 8.35. The highest BCUT2D eigenvalue weighted by atomic mass is 35.5. The topological polar surface area (TPSA) is 35.2 Å². The Morgan fingerprint density at radius 3 is 2.69 bits per heavy atom. The van der Waals surface area contributed by atoms with Gasteiger partial charge in [0, 0.05) is 18.5 Å². The summed E-state index contributed by atoms with van der Waals surface area (Å²) in [6.07, 6.45) is 0. The van der Waals surface area contributed by atoms with Gasteiger partial charge in [-0.3, -0.25) is 4.90 Å². The number of rotatable bonds is 7. The molecular formula is C18H21ClN4OS2. The lowest BCUT2D eigenvalue weighted by atomic mass is 10.2. The number of aromatic nitrogens is 3. The van der Waals surface area contributed by atoms with Crippen molar-refractivity contribution in [2.24, 2.45) is 7.05 Å². The van der Waals surface area contributed by atoms with E-state index < -0.39 is 0 Å². The van der Waals surface area contributed by atoms with Gasteiger partial charge in [-0.1, -0.05) is 30.7 Å². The normalized spacial score (nSPS) is 11.3. The van der Waals surface area contributed by atoms with Crippen LogP contribution in [0.4, 0.5) is 0 Å². The summed E-state index contributed by atoms with van der Waals surface area (Å²) in [5.74, 6) is 1.57. The Kier molecular flexibility index (Phi) is 6.13. The first kappa shape index (κ1) is 19.1. The average Bonchev–Trinajstić information content (AvgIpc) is 3.18. The number of thiophene rings is 1. The molecule has 5 nitrogen and oxygen atoms in total. The molecule has 0 spiro atoms. The Bertz CT molecular complexity index is 947. The molecule has 0 N–H and O–H groups in total. The predicted molar refractivity (Wildman–Crippen MR) is 109 cm³/mol. The minimum absolute atomic E-state index is 0.619. The lowest BCUT2D eigenvalue weighted by Gasteiger charge is -2.19. The van der Waals surface area contributed by atoms with Gasteiger partial charge in [0.1, 0.15) is 5.75 Å². The van der Waals surface area contributed by atoms with Crippen molar-refractivity contribution < 1.29 is 4.74 Å². The van der Waals surface area contributed by atoms with Crippen LogP contribution in [0.5, 0.6) is 5.75 Å². The van der Waals surface area contributed by atoms with Crippen molar-refractivity contribution in [1.82, 2.24) is 19.2 Å². The van der Waals surface area contributed by atoms with Gasteiger partial charge < -0.3 is 9.30 Å². The zero-order chi connectivity index (χ0) is 18.7. The molecule has 1 aromatic carbocycles. The lowest BCUT2D eigenvalue weighted by molar-refractivity contribution is 0.209. The quantitative estimate of drug-likeness (QED) is 0.525. The third-order valence-electron chi connectivity index (χ3n) is 4.18. The smallest absolute Gasteiger partial charge is 0.199 e. The number of benzene rings is 1. The molecule has 26 heavy (non-hydrogen) atoms. The second-order valence-electron chi connectivity index (χ2n) is 5.86. The van der Waals surface area contributed by atoms with Crippen LogP contribution in [0.15, 0.2) is 36.4 Å². The summed E-state index contributed by atoms with van der Waals surface area (Å²) in [4.78, 5) is 3.50. The Morgan fingerprint density at radius 2 is 2.04 bits per heavy atom. The zero-order valence-corrected chi connectivity index (χ0v) is 17.4. The van der Waals surface area contributed by atoms with Crippen LogP contribution in [0.1, 0.15) is 11.8 Å². The van der Waals surface area contributed by atoms with Gasteiger partial charge in [-0.05, 0) is 43.0 Å². The molecule has 0 aliphatic rings. The highest BCUT2D eigenvalue weighted by molar-refractivity contribution is 7.71. The van der Waals surface area contributed by atoms with Crippen LogP contribution in [0, 0.1) is 4.77 Å². The Balaban J connectivity index is 1.88. The lowest BCUT2D eigenvalue weighted by Crippen LogP contribution is -2.26. The standard InChI is InChI=1S/C18H21ClN4OS2/c1-4-22(11-13-9-10-16(19)26-13)12-23-18(25)21(2)17(20-23)14-7-5-6-8-15(14)24-3/h5-10H,4,11-12H2,1-3H3. The van der Waals surface area contributed by atoms with Crippen LogP contribution in [0.3, 0.4) is 0 Å². The molecule has 0 fully saturated rings. The molecule has 0 atom stereocenters. The fourth-order valence-electron chi connectivity index (χ4n) is 2.75. The van der Waals surface area contributed by atoms with Crippen molar-refractivity contribution in [2.75, 3.05) is 13.7 Å². The maximum absolute atomic E-state index is 6.04. The van der Waals surface area contributed by atoms with E-state index in [0.29, 0.717) is 11.4 Å². The molecule has 3 rings (SSSR count). The highest BCUT2D eigenvalue weighted by Gasteiger charge is 2.15. The minimum Gasteiger partial charge on any atom is -0.496 e.